The molecule has 0 aromatic carbocycles. The van der Waals surface area contributed by atoms with Crippen LogP contribution in [-0.2, 0) is 19.1 Å². The molecular weight excluding hydrogens is 152 g/mol. The van der Waals surface area contributed by atoms with E-state index in [0.717, 1.165) is 0 Å². The molecule has 1 N–H and O–H groups in total. The number of carbonyl (C=O) groups is 2. The molecule has 0 aliphatic carbocycles. The van der Waals surface area contributed by atoms with E-state index in [-0.39, 0.29) is 0 Å². The maximum Gasteiger partial charge on any atom is 0.461 e. The summed E-state index contributed by atoms with van der Waals surface area (Å²) >= 11 is 0. The van der Waals surface area contributed by atoms with Crippen LogP contribution >= 0.6 is 0 Å². The maximum absolute atomic E-state index is 9.88. The first-order chi connectivity index (χ1) is 4.00. The largest absolute Gasteiger partial charge is 0.467 e. The molecule has 0 bridgehead atoms. The standard InChI is InChI=1S/C2H2O6S/c3-1-8-9(6,7)2(4)5/h1H,(H,4,5). The van der Waals surface area contributed by atoms with E-state index < -0.39 is 21.9 Å². The zero-order valence-electron chi connectivity index (χ0n) is 3.97. The van der Waals surface area contributed by atoms with Crippen molar-refractivity contribution in [1.29, 1.82) is 0 Å². The minimum absolute atomic E-state index is 0.469. The molecule has 0 aliphatic rings. The van der Waals surface area contributed by atoms with Crippen molar-refractivity contribution >= 4 is 21.9 Å². The Balaban J connectivity index is 4.41. The monoisotopic (exact) mass is 154 g/mol. The Labute approximate surface area is 50.2 Å². The van der Waals surface area contributed by atoms with E-state index in [0.29, 0.717) is 0 Å². The molecule has 0 amide bonds. The van der Waals surface area contributed by atoms with Crippen LogP contribution in [-0.4, -0.2) is 25.3 Å². The molecular formula is C2H2O6S. The van der Waals surface area contributed by atoms with Gasteiger partial charge in [-0.05, 0) is 0 Å². The smallest absolute Gasteiger partial charge is 0.461 e. The summed E-state index contributed by atoms with van der Waals surface area (Å²) in [7, 11) is -4.70. The van der Waals surface area contributed by atoms with E-state index in [1.807, 2.05) is 0 Å². The van der Waals surface area contributed by atoms with Gasteiger partial charge in [0.1, 0.15) is 0 Å². The van der Waals surface area contributed by atoms with Crippen LogP contribution in [0.5, 0.6) is 0 Å². The summed E-state index contributed by atoms with van der Waals surface area (Å²) in [5.41, 5.74) is 0. The Bertz CT molecular complexity index is 211. The molecule has 0 atom stereocenters. The highest BCUT2D eigenvalue weighted by atomic mass is 32.2. The third-order valence-corrected chi connectivity index (χ3v) is 1.14. The lowest BCUT2D eigenvalue weighted by Crippen LogP contribution is -2.14. The molecule has 0 rings (SSSR count). The normalized spacial score (nSPS) is 10.2. The molecule has 7 heteroatoms. The van der Waals surface area contributed by atoms with Gasteiger partial charge in [-0.2, -0.15) is 8.42 Å². The summed E-state index contributed by atoms with van der Waals surface area (Å²) in [6.45, 7) is -0.469. The SMILES string of the molecule is O=COS(=O)(=O)C(=O)O. The van der Waals surface area contributed by atoms with E-state index in [1.54, 1.807) is 0 Å². The molecule has 6 nitrogen and oxygen atoms in total. The van der Waals surface area contributed by atoms with Crippen molar-refractivity contribution in [3.05, 3.63) is 0 Å². The Morgan fingerprint density at radius 1 is 1.56 bits per heavy atom. The third-order valence-electron chi connectivity index (χ3n) is 0.380. The second-order valence-corrected chi connectivity index (χ2v) is 2.36. The first-order valence-corrected chi connectivity index (χ1v) is 3.01. The van der Waals surface area contributed by atoms with Crippen LogP contribution in [0.4, 0.5) is 4.79 Å². The predicted molar refractivity (Wildman–Crippen MR) is 24.1 cm³/mol. The molecule has 0 unspecified atom stereocenters. The molecule has 0 fully saturated rings. The summed E-state index contributed by atoms with van der Waals surface area (Å²) in [5, 5.41) is 5.51. The highest BCUT2D eigenvalue weighted by Crippen LogP contribution is 1.89. The van der Waals surface area contributed by atoms with Gasteiger partial charge in [-0.15, -0.1) is 0 Å². The van der Waals surface area contributed by atoms with Gasteiger partial charge in [0.15, 0.2) is 0 Å². The number of hydrogen-bond acceptors (Lipinski definition) is 5. The van der Waals surface area contributed by atoms with Crippen molar-refractivity contribution in [1.82, 2.24) is 0 Å². The van der Waals surface area contributed by atoms with Gasteiger partial charge < -0.3 is 9.29 Å². The van der Waals surface area contributed by atoms with Crippen molar-refractivity contribution < 1.29 is 27.3 Å². The minimum Gasteiger partial charge on any atom is -0.467 e. The summed E-state index contributed by atoms with van der Waals surface area (Å²) in [5.74, 6) is 0. The molecule has 9 heavy (non-hydrogen) atoms. The summed E-state index contributed by atoms with van der Waals surface area (Å²) in [6, 6.07) is 0. The van der Waals surface area contributed by atoms with Gasteiger partial charge in [0.25, 0.3) is 0 Å². The number of hydrogen-bond donors (Lipinski definition) is 1. The summed E-state index contributed by atoms with van der Waals surface area (Å²) in [4.78, 5) is 18.8. The Kier molecular flexibility index (Phi) is 2.14. The highest BCUT2D eigenvalue weighted by Gasteiger charge is 2.21. The molecule has 0 saturated heterocycles. The summed E-state index contributed by atoms with van der Waals surface area (Å²) < 4.78 is 22.9. The summed E-state index contributed by atoms with van der Waals surface area (Å²) in [6.07, 6.45) is 0. The molecule has 0 heterocycles. The van der Waals surface area contributed by atoms with Crippen LogP contribution in [0.1, 0.15) is 0 Å². The fourth-order valence-corrected chi connectivity index (χ4v) is 0.279. The zero-order chi connectivity index (χ0) is 7.49. The number of carbonyl (C=O) groups excluding carboxylic acids is 1. The lowest BCUT2D eigenvalue weighted by molar-refractivity contribution is -0.120. The van der Waals surface area contributed by atoms with Gasteiger partial charge >= 0.3 is 21.9 Å². The first kappa shape index (κ1) is 7.89. The van der Waals surface area contributed by atoms with E-state index in [4.69, 9.17) is 5.11 Å². The van der Waals surface area contributed by atoms with Crippen molar-refractivity contribution in [2.24, 2.45) is 0 Å². The van der Waals surface area contributed by atoms with Crippen LogP contribution in [0.2, 0.25) is 0 Å². The van der Waals surface area contributed by atoms with Crippen molar-refractivity contribution in [3.63, 3.8) is 0 Å². The van der Waals surface area contributed by atoms with Gasteiger partial charge in [0.05, 0.1) is 0 Å². The Hall–Kier alpha value is -1.11. The van der Waals surface area contributed by atoms with E-state index in [9.17, 15) is 18.0 Å². The Morgan fingerprint density at radius 3 is 2.11 bits per heavy atom. The van der Waals surface area contributed by atoms with Crippen LogP contribution in [0.25, 0.3) is 0 Å². The lowest BCUT2D eigenvalue weighted by Gasteiger charge is -1.89. The first-order valence-electron chi connectivity index (χ1n) is 1.60. The van der Waals surface area contributed by atoms with Crippen LogP contribution < -0.4 is 0 Å². The molecule has 0 spiro atoms. The van der Waals surface area contributed by atoms with Crippen molar-refractivity contribution in [2.45, 2.75) is 0 Å². The van der Waals surface area contributed by atoms with Gasteiger partial charge in [0.2, 0.25) is 0 Å². The number of rotatable bonds is 2. The van der Waals surface area contributed by atoms with Crippen LogP contribution in [0.3, 0.4) is 0 Å². The van der Waals surface area contributed by atoms with E-state index >= 15 is 0 Å². The predicted octanol–water partition coefficient (Wildman–Crippen LogP) is -0.833. The molecule has 52 valence electrons. The molecule has 0 aromatic rings. The average Bonchev–Trinajstić information content (AvgIpc) is 1.65. The van der Waals surface area contributed by atoms with Crippen molar-refractivity contribution in [3.8, 4) is 0 Å². The van der Waals surface area contributed by atoms with E-state index in [1.165, 1.54) is 0 Å². The maximum atomic E-state index is 9.88. The van der Waals surface area contributed by atoms with Crippen LogP contribution in [0.15, 0.2) is 0 Å². The second-order valence-electron chi connectivity index (χ2n) is 0.912. The minimum atomic E-state index is -4.70. The molecule has 0 radical (unpaired) electrons. The fraction of sp³-hybridized carbons (Fsp3) is 0. The van der Waals surface area contributed by atoms with Crippen LogP contribution in [0, 0.1) is 0 Å². The van der Waals surface area contributed by atoms with Gasteiger partial charge in [-0.25, -0.2) is 4.79 Å². The second kappa shape index (κ2) is 2.44. The quantitative estimate of drug-likeness (QED) is 0.411. The van der Waals surface area contributed by atoms with E-state index in [2.05, 4.69) is 4.18 Å². The zero-order valence-corrected chi connectivity index (χ0v) is 4.79. The highest BCUT2D eigenvalue weighted by molar-refractivity contribution is 8.01. The van der Waals surface area contributed by atoms with Crippen molar-refractivity contribution in [2.75, 3.05) is 0 Å². The molecule has 0 saturated carbocycles. The number of carboxylic acid groups (broad SMARTS) is 1. The average molecular weight is 154 g/mol. The fourth-order valence-electron chi connectivity index (χ4n) is 0.0929. The lowest BCUT2D eigenvalue weighted by atomic mass is 11.6. The molecule has 0 aromatic heterocycles. The molecule has 0 aliphatic heterocycles. The third kappa shape index (κ3) is 2.08. The van der Waals surface area contributed by atoms with Gasteiger partial charge in [-0.3, -0.25) is 4.79 Å². The van der Waals surface area contributed by atoms with Gasteiger partial charge in [0, 0.05) is 0 Å². The topological polar surface area (TPSA) is 97.7 Å². The Morgan fingerprint density at radius 2 is 2.00 bits per heavy atom. The van der Waals surface area contributed by atoms with Gasteiger partial charge in [-0.1, -0.05) is 0 Å².